The molecule has 0 saturated heterocycles. The van der Waals surface area contributed by atoms with E-state index < -0.39 is 11.9 Å². The number of hydrogen-bond donors (Lipinski definition) is 0. The third-order valence-corrected chi connectivity index (χ3v) is 3.88. The Morgan fingerprint density at radius 3 is 1.31 bits per heavy atom. The van der Waals surface area contributed by atoms with Crippen molar-refractivity contribution in [1.82, 2.24) is 0 Å². The van der Waals surface area contributed by atoms with Crippen LogP contribution >= 0.6 is 0 Å². The predicted octanol–water partition coefficient (Wildman–Crippen LogP) is 5.12. The van der Waals surface area contributed by atoms with E-state index in [9.17, 15) is 0 Å². The van der Waals surface area contributed by atoms with Crippen molar-refractivity contribution in [3.05, 3.63) is 24.3 Å². The first kappa shape index (κ1) is 28.2. The molecule has 7 heteroatoms. The summed E-state index contributed by atoms with van der Waals surface area (Å²) in [6, 6.07) is 0. The molecular formula is C22H42O7. The molecule has 0 heterocycles. The molecule has 0 aromatic rings. The lowest BCUT2D eigenvalue weighted by Gasteiger charge is -2.41. The molecule has 0 aromatic carbocycles. The van der Waals surface area contributed by atoms with Crippen LogP contribution in [0, 0.1) is 0 Å². The van der Waals surface area contributed by atoms with Crippen molar-refractivity contribution in [2.24, 2.45) is 0 Å². The Balaban J connectivity index is 5.74. The van der Waals surface area contributed by atoms with Crippen LogP contribution in [0.1, 0.15) is 67.2 Å². The largest absolute Gasteiger partial charge is 0.355 e. The van der Waals surface area contributed by atoms with Gasteiger partial charge in [-0.3, -0.25) is 4.74 Å². The van der Waals surface area contributed by atoms with Crippen molar-refractivity contribution >= 4 is 0 Å². The van der Waals surface area contributed by atoms with Gasteiger partial charge in [0.1, 0.15) is 0 Å². The second kappa shape index (κ2) is 18.0. The van der Waals surface area contributed by atoms with E-state index in [0.29, 0.717) is 52.1 Å². The normalized spacial score (nSPS) is 16.5. The zero-order valence-corrected chi connectivity index (χ0v) is 19.2. The molecular weight excluding hydrogens is 376 g/mol. The molecule has 0 aliphatic rings. The molecule has 0 aromatic heterocycles. The molecule has 0 spiro atoms. The molecule has 29 heavy (non-hydrogen) atoms. The van der Waals surface area contributed by atoms with Crippen LogP contribution in [0.15, 0.2) is 24.3 Å². The first-order valence-corrected chi connectivity index (χ1v) is 10.7. The third-order valence-electron chi connectivity index (χ3n) is 3.88. The molecule has 0 rings (SSSR count). The fourth-order valence-electron chi connectivity index (χ4n) is 2.55. The van der Waals surface area contributed by atoms with Crippen LogP contribution in [-0.4, -0.2) is 52.0 Å². The molecule has 0 aliphatic heterocycles. The lowest BCUT2D eigenvalue weighted by atomic mass is 10.2. The summed E-state index contributed by atoms with van der Waals surface area (Å²) in [4.78, 5) is 0. The van der Waals surface area contributed by atoms with E-state index in [1.165, 1.54) is 0 Å². The summed E-state index contributed by atoms with van der Waals surface area (Å²) in [6.45, 7) is 13.4. The smallest absolute Gasteiger partial charge is 0.289 e. The minimum absolute atomic E-state index is 0.0366. The zero-order valence-electron chi connectivity index (χ0n) is 19.2. The summed E-state index contributed by atoms with van der Waals surface area (Å²) >= 11 is 0. The Morgan fingerprint density at radius 2 is 1.00 bits per heavy atom. The number of hydrogen-bond acceptors (Lipinski definition) is 7. The summed E-state index contributed by atoms with van der Waals surface area (Å²) in [7, 11) is 0. The van der Waals surface area contributed by atoms with Gasteiger partial charge in [-0.05, 0) is 54.4 Å². The van der Waals surface area contributed by atoms with E-state index in [1.54, 1.807) is 0 Å². The maximum atomic E-state index is 6.38. The summed E-state index contributed by atoms with van der Waals surface area (Å²) in [6.07, 6.45) is 10.3. The van der Waals surface area contributed by atoms with E-state index in [1.807, 2.05) is 65.8 Å². The highest BCUT2D eigenvalue weighted by atomic mass is 17.0. The predicted molar refractivity (Wildman–Crippen MR) is 113 cm³/mol. The molecule has 0 aliphatic carbocycles. The van der Waals surface area contributed by atoms with Gasteiger partial charge in [0, 0.05) is 39.3 Å². The van der Waals surface area contributed by atoms with Crippen LogP contribution in [0.3, 0.4) is 0 Å². The van der Waals surface area contributed by atoms with Crippen molar-refractivity contribution in [2.45, 2.75) is 79.2 Å². The number of rotatable bonds is 20. The van der Waals surface area contributed by atoms with E-state index in [2.05, 4.69) is 0 Å². The van der Waals surface area contributed by atoms with Crippen molar-refractivity contribution in [3.63, 3.8) is 0 Å². The molecule has 0 bridgehead atoms. The molecule has 172 valence electrons. The molecule has 0 fully saturated rings. The van der Waals surface area contributed by atoms with Gasteiger partial charge in [-0.2, -0.15) is 0 Å². The Hall–Kier alpha value is -0.800. The minimum Gasteiger partial charge on any atom is -0.355 e. The average Bonchev–Trinajstić information content (AvgIpc) is 2.69. The van der Waals surface area contributed by atoms with Crippen molar-refractivity contribution in [2.75, 3.05) is 40.0 Å². The van der Waals surface area contributed by atoms with Crippen molar-refractivity contribution in [1.29, 1.82) is 0 Å². The van der Waals surface area contributed by atoms with Crippen molar-refractivity contribution < 1.29 is 33.2 Å². The summed E-state index contributed by atoms with van der Waals surface area (Å²) in [5, 5.41) is 0. The lowest BCUT2D eigenvalue weighted by molar-refractivity contribution is -0.516. The van der Waals surface area contributed by atoms with E-state index in [0.717, 1.165) is 0 Å². The average molecular weight is 419 g/mol. The van der Waals surface area contributed by atoms with Gasteiger partial charge in [0.15, 0.2) is 13.6 Å². The molecule has 2 atom stereocenters. The highest BCUT2D eigenvalue weighted by molar-refractivity contribution is 4.81. The topological polar surface area (TPSA) is 64.6 Å². The third kappa shape index (κ3) is 12.5. The second-order valence-electron chi connectivity index (χ2n) is 6.06. The maximum absolute atomic E-state index is 6.38. The Bertz CT molecular complexity index is 389. The Morgan fingerprint density at radius 1 is 0.586 bits per heavy atom. The van der Waals surface area contributed by atoms with Crippen LogP contribution in [0.5, 0.6) is 0 Å². The Kier molecular flexibility index (Phi) is 17.5. The van der Waals surface area contributed by atoms with Gasteiger partial charge < -0.3 is 28.4 Å². The zero-order chi connectivity index (χ0) is 21.8. The van der Waals surface area contributed by atoms with Gasteiger partial charge >= 0.3 is 0 Å². The van der Waals surface area contributed by atoms with E-state index >= 15 is 0 Å². The summed E-state index contributed by atoms with van der Waals surface area (Å²) < 4.78 is 41.0. The highest BCUT2D eigenvalue weighted by Crippen LogP contribution is 2.34. The molecule has 0 radical (unpaired) electrons. The second-order valence-corrected chi connectivity index (χ2v) is 6.06. The fraction of sp³-hybridized carbons (Fsp3) is 0.818. The Labute approximate surface area is 177 Å². The van der Waals surface area contributed by atoms with Gasteiger partial charge in [-0.1, -0.05) is 24.3 Å². The van der Waals surface area contributed by atoms with Gasteiger partial charge in [0.05, 0.1) is 0 Å². The fourth-order valence-corrected chi connectivity index (χ4v) is 2.55. The van der Waals surface area contributed by atoms with Crippen LogP contribution in [0.2, 0.25) is 0 Å². The number of ether oxygens (including phenoxy) is 7. The van der Waals surface area contributed by atoms with Gasteiger partial charge in [-0.25, -0.2) is 0 Å². The first-order chi connectivity index (χ1) is 14.1. The highest BCUT2D eigenvalue weighted by Gasteiger charge is 2.45. The summed E-state index contributed by atoms with van der Waals surface area (Å²) in [5.41, 5.74) is 0. The monoisotopic (exact) mass is 418 g/mol. The van der Waals surface area contributed by atoms with Crippen LogP contribution in [-0.2, 0) is 33.2 Å². The van der Waals surface area contributed by atoms with Gasteiger partial charge in [0.25, 0.3) is 11.9 Å². The van der Waals surface area contributed by atoms with Crippen LogP contribution in [0.4, 0.5) is 0 Å². The van der Waals surface area contributed by atoms with Gasteiger partial charge in [-0.15, -0.1) is 0 Å². The maximum Gasteiger partial charge on any atom is 0.289 e. The molecule has 0 amide bonds. The standard InChI is InChI=1S/C22H42O7/c1-7-13-15-17-21(25-11-5,27-19-23-9-3)29-22(26-12-6,18-16-14-8-2)28-20-24-10-4/h7-8,13-14H,9-12,15-20H2,1-6H3. The van der Waals surface area contributed by atoms with Gasteiger partial charge in [0.2, 0.25) is 0 Å². The SMILES string of the molecule is CC=CCCC(OCC)(OCOCC)OC(CCC=CC)(OCC)OCOCC. The van der Waals surface area contributed by atoms with E-state index in [4.69, 9.17) is 33.2 Å². The van der Waals surface area contributed by atoms with Crippen molar-refractivity contribution in [3.8, 4) is 0 Å². The molecule has 7 nitrogen and oxygen atoms in total. The first-order valence-electron chi connectivity index (χ1n) is 10.7. The lowest BCUT2D eigenvalue weighted by Crippen LogP contribution is -2.52. The molecule has 0 N–H and O–H groups in total. The summed E-state index contributed by atoms with van der Waals surface area (Å²) in [5.74, 6) is -2.75. The van der Waals surface area contributed by atoms with E-state index in [-0.39, 0.29) is 13.6 Å². The number of allylic oxidation sites excluding steroid dienone is 4. The van der Waals surface area contributed by atoms with Crippen LogP contribution < -0.4 is 0 Å². The quantitative estimate of drug-likeness (QED) is 0.154. The minimum atomic E-state index is -1.37. The van der Waals surface area contributed by atoms with Crippen LogP contribution in [0.25, 0.3) is 0 Å². The molecule has 0 saturated carbocycles. The molecule has 2 unspecified atom stereocenters.